The zero-order chi connectivity index (χ0) is 21.6. The summed E-state index contributed by atoms with van der Waals surface area (Å²) in [7, 11) is 0. The van der Waals surface area contributed by atoms with Crippen LogP contribution in [0.25, 0.3) is 0 Å². The number of benzene rings is 1. The molecular weight excluding hydrogens is 387 g/mol. The Morgan fingerprint density at radius 2 is 1.83 bits per heavy atom. The number of aryl methyl sites for hydroxylation is 1. The summed E-state index contributed by atoms with van der Waals surface area (Å²) in [4.78, 5) is 47.8. The van der Waals surface area contributed by atoms with Crippen molar-refractivity contribution in [2.24, 2.45) is 5.41 Å². The molecular formula is C22H23FN4O3. The van der Waals surface area contributed by atoms with E-state index in [1.165, 1.54) is 35.4 Å². The molecule has 0 saturated carbocycles. The number of nitrogens with zero attached hydrogens (tertiary/aromatic N) is 4. The van der Waals surface area contributed by atoms with Crippen LogP contribution >= 0.6 is 0 Å². The number of carbonyl (C=O) groups is 3. The lowest BCUT2D eigenvalue weighted by Crippen LogP contribution is -2.44. The van der Waals surface area contributed by atoms with Crippen LogP contribution in [0, 0.1) is 18.2 Å². The first-order valence-electron chi connectivity index (χ1n) is 9.77. The van der Waals surface area contributed by atoms with Crippen LogP contribution in [0.5, 0.6) is 0 Å². The molecule has 0 radical (unpaired) electrons. The smallest absolute Gasteiger partial charge is 0.332 e. The number of anilines is 1. The van der Waals surface area contributed by atoms with Crippen molar-refractivity contribution < 1.29 is 18.8 Å². The number of halogens is 1. The monoisotopic (exact) mass is 410 g/mol. The molecule has 1 unspecified atom stereocenters. The van der Waals surface area contributed by atoms with Crippen molar-refractivity contribution in [3.8, 4) is 0 Å². The molecule has 1 aromatic carbocycles. The maximum atomic E-state index is 13.3. The molecule has 2 aliphatic rings. The Balaban J connectivity index is 1.67. The molecule has 2 aromatic rings. The molecule has 0 aliphatic carbocycles. The van der Waals surface area contributed by atoms with Gasteiger partial charge in [0.2, 0.25) is 0 Å². The summed E-state index contributed by atoms with van der Waals surface area (Å²) in [6.07, 6.45) is 3.18. The topological polar surface area (TPSA) is 73.8 Å². The molecule has 2 saturated heterocycles. The maximum Gasteiger partial charge on any atom is 0.332 e. The number of amides is 4. The molecule has 7 nitrogen and oxygen atoms in total. The van der Waals surface area contributed by atoms with Gasteiger partial charge in [-0.1, -0.05) is 13.8 Å². The normalized spacial score (nSPS) is 20.9. The van der Waals surface area contributed by atoms with E-state index in [9.17, 15) is 18.8 Å². The van der Waals surface area contributed by atoms with Crippen molar-refractivity contribution in [2.75, 3.05) is 24.5 Å². The van der Waals surface area contributed by atoms with Gasteiger partial charge in [0.15, 0.2) is 0 Å². The molecule has 0 spiro atoms. The highest BCUT2D eigenvalue weighted by molar-refractivity contribution is 6.21. The van der Waals surface area contributed by atoms with Gasteiger partial charge in [0.25, 0.3) is 11.8 Å². The summed E-state index contributed by atoms with van der Waals surface area (Å²) in [6, 6.07) is 5.77. The SMILES string of the molecule is Cc1cncc(C(=O)N2CC3C(=O)N(c4ccc(F)cc4)C(=O)N3CC(C)(C)C2)c1. The fourth-order valence-electron chi connectivity index (χ4n) is 4.13. The predicted octanol–water partition coefficient (Wildman–Crippen LogP) is 2.85. The number of hydrogen-bond acceptors (Lipinski definition) is 4. The first-order valence-corrected chi connectivity index (χ1v) is 9.77. The summed E-state index contributed by atoms with van der Waals surface area (Å²) in [5, 5.41) is 0. The Bertz CT molecular complexity index is 1020. The Kier molecular flexibility index (Phi) is 4.80. The predicted molar refractivity (Wildman–Crippen MR) is 108 cm³/mol. The number of pyridine rings is 1. The van der Waals surface area contributed by atoms with E-state index in [1.54, 1.807) is 17.2 Å². The van der Waals surface area contributed by atoms with E-state index in [1.807, 2.05) is 20.8 Å². The number of urea groups is 1. The highest BCUT2D eigenvalue weighted by Gasteiger charge is 2.50. The molecule has 1 aromatic heterocycles. The first-order chi connectivity index (χ1) is 14.2. The van der Waals surface area contributed by atoms with Gasteiger partial charge in [-0.15, -0.1) is 0 Å². The lowest BCUT2D eigenvalue weighted by molar-refractivity contribution is -0.119. The molecule has 2 aliphatic heterocycles. The third-order valence-electron chi connectivity index (χ3n) is 5.42. The molecule has 4 rings (SSSR count). The molecule has 0 bridgehead atoms. The maximum absolute atomic E-state index is 13.3. The number of imide groups is 1. The van der Waals surface area contributed by atoms with Gasteiger partial charge in [-0.25, -0.2) is 14.1 Å². The quantitative estimate of drug-likeness (QED) is 0.714. The van der Waals surface area contributed by atoms with Gasteiger partial charge in [0.1, 0.15) is 11.9 Å². The molecule has 3 heterocycles. The second-order valence-corrected chi connectivity index (χ2v) is 8.68. The van der Waals surface area contributed by atoms with Crippen LogP contribution in [-0.2, 0) is 4.79 Å². The first kappa shape index (κ1) is 20.0. The minimum absolute atomic E-state index is 0.0957. The number of carbonyl (C=O) groups excluding carboxylic acids is 3. The summed E-state index contributed by atoms with van der Waals surface area (Å²) in [5.74, 6) is -1.08. The third-order valence-corrected chi connectivity index (χ3v) is 5.42. The van der Waals surface area contributed by atoms with E-state index < -0.39 is 29.2 Å². The summed E-state index contributed by atoms with van der Waals surface area (Å²) in [5.41, 5.74) is 1.21. The van der Waals surface area contributed by atoms with E-state index in [0.29, 0.717) is 24.3 Å². The van der Waals surface area contributed by atoms with Crippen molar-refractivity contribution in [3.05, 3.63) is 59.7 Å². The van der Waals surface area contributed by atoms with Gasteiger partial charge in [-0.2, -0.15) is 0 Å². The van der Waals surface area contributed by atoms with Crippen LogP contribution in [0.2, 0.25) is 0 Å². The third kappa shape index (κ3) is 3.53. The van der Waals surface area contributed by atoms with Gasteiger partial charge in [0.05, 0.1) is 17.8 Å². The minimum Gasteiger partial charge on any atom is -0.335 e. The molecule has 30 heavy (non-hydrogen) atoms. The van der Waals surface area contributed by atoms with Crippen molar-refractivity contribution >= 4 is 23.5 Å². The average molecular weight is 410 g/mol. The van der Waals surface area contributed by atoms with E-state index >= 15 is 0 Å². The average Bonchev–Trinajstić information content (AvgIpc) is 2.83. The number of aromatic nitrogens is 1. The van der Waals surface area contributed by atoms with E-state index in [-0.39, 0.29) is 12.5 Å². The van der Waals surface area contributed by atoms with Gasteiger partial charge in [-0.05, 0) is 42.8 Å². The highest BCUT2D eigenvalue weighted by atomic mass is 19.1. The summed E-state index contributed by atoms with van der Waals surface area (Å²) < 4.78 is 13.3. The van der Waals surface area contributed by atoms with Crippen LogP contribution in [0.3, 0.4) is 0 Å². The highest BCUT2D eigenvalue weighted by Crippen LogP contribution is 2.33. The fraction of sp³-hybridized carbons (Fsp3) is 0.364. The molecule has 0 N–H and O–H groups in total. The molecule has 156 valence electrons. The fourth-order valence-corrected chi connectivity index (χ4v) is 4.13. The van der Waals surface area contributed by atoms with E-state index in [4.69, 9.17) is 0 Å². The molecule has 2 fully saturated rings. The van der Waals surface area contributed by atoms with Gasteiger partial charge in [0, 0.05) is 30.9 Å². The zero-order valence-electron chi connectivity index (χ0n) is 17.1. The van der Waals surface area contributed by atoms with Gasteiger partial charge in [-0.3, -0.25) is 14.6 Å². The molecule has 1 atom stereocenters. The van der Waals surface area contributed by atoms with E-state index in [2.05, 4.69) is 4.98 Å². The standard InChI is InChI=1S/C22H23FN4O3/c1-14-8-15(10-24-9-14)19(28)25-11-18-20(29)27(17-6-4-16(23)5-7-17)21(30)26(18)13-22(2,3)12-25/h4-10,18H,11-13H2,1-3H3. The number of hydrogen-bond donors (Lipinski definition) is 0. The largest absolute Gasteiger partial charge is 0.335 e. The Hall–Kier alpha value is -3.29. The Morgan fingerprint density at radius 3 is 2.50 bits per heavy atom. The van der Waals surface area contributed by atoms with Crippen molar-refractivity contribution in [2.45, 2.75) is 26.8 Å². The van der Waals surface area contributed by atoms with Gasteiger partial charge >= 0.3 is 6.03 Å². The molecule has 8 heteroatoms. The van der Waals surface area contributed by atoms with Crippen molar-refractivity contribution in [3.63, 3.8) is 0 Å². The summed E-state index contributed by atoms with van der Waals surface area (Å²) >= 11 is 0. The van der Waals surface area contributed by atoms with Crippen LogP contribution in [0.15, 0.2) is 42.7 Å². The van der Waals surface area contributed by atoms with Crippen molar-refractivity contribution in [1.82, 2.24) is 14.8 Å². The second kappa shape index (κ2) is 7.19. The lowest BCUT2D eigenvalue weighted by atomic mass is 9.92. The van der Waals surface area contributed by atoms with E-state index in [0.717, 1.165) is 10.5 Å². The Morgan fingerprint density at radius 1 is 1.13 bits per heavy atom. The van der Waals surface area contributed by atoms with Crippen molar-refractivity contribution in [1.29, 1.82) is 0 Å². The van der Waals surface area contributed by atoms with Crippen LogP contribution in [-0.4, -0.2) is 58.3 Å². The van der Waals surface area contributed by atoms with Gasteiger partial charge < -0.3 is 9.80 Å². The van der Waals surface area contributed by atoms with Crippen LogP contribution < -0.4 is 4.90 Å². The second-order valence-electron chi connectivity index (χ2n) is 8.68. The summed E-state index contributed by atoms with van der Waals surface area (Å²) in [6.45, 7) is 6.61. The van der Waals surface area contributed by atoms with Crippen LogP contribution in [0.1, 0.15) is 29.8 Å². The number of rotatable bonds is 2. The zero-order valence-corrected chi connectivity index (χ0v) is 17.1. The number of fused-ring (bicyclic) bond motifs is 1. The molecule has 4 amide bonds. The Labute approximate surface area is 174 Å². The lowest BCUT2D eigenvalue weighted by Gasteiger charge is -2.30. The van der Waals surface area contributed by atoms with Crippen LogP contribution in [0.4, 0.5) is 14.9 Å². The minimum atomic E-state index is -0.786.